The molecule has 0 fully saturated rings. The van der Waals surface area contributed by atoms with E-state index in [1.54, 1.807) is 6.07 Å². The molecule has 1 aliphatic carbocycles. The summed E-state index contributed by atoms with van der Waals surface area (Å²) in [6.45, 7) is 0. The third-order valence-electron chi connectivity index (χ3n) is 3.19. The maximum absolute atomic E-state index is 12.4. The van der Waals surface area contributed by atoms with Gasteiger partial charge in [0.25, 0.3) is 0 Å². The van der Waals surface area contributed by atoms with Gasteiger partial charge in [-0.05, 0) is 17.2 Å². The standard InChI is InChI=1S/C17H8O/c1-3-11-9-10-14-13-7-5-6-8-15(13)17(18)16(14)12(11)4-2/h1-2,5-10H. The monoisotopic (exact) mass is 228 g/mol. The Labute approximate surface area is 105 Å². The molecule has 1 heteroatoms. The predicted octanol–water partition coefficient (Wildman–Crippen LogP) is 2.86. The van der Waals surface area contributed by atoms with Crippen molar-refractivity contribution in [3.63, 3.8) is 0 Å². The molecule has 2 aromatic carbocycles. The van der Waals surface area contributed by atoms with Crippen LogP contribution in [0.2, 0.25) is 0 Å². The molecule has 1 aliphatic rings. The molecule has 82 valence electrons. The minimum absolute atomic E-state index is 0.0364. The van der Waals surface area contributed by atoms with Crippen LogP contribution in [0.25, 0.3) is 11.1 Å². The Bertz CT molecular complexity index is 767. The molecule has 0 saturated heterocycles. The second-order valence-corrected chi connectivity index (χ2v) is 4.07. The number of rotatable bonds is 0. The number of carbonyl (C=O) groups is 1. The van der Waals surface area contributed by atoms with Gasteiger partial charge in [0.1, 0.15) is 0 Å². The van der Waals surface area contributed by atoms with Crippen LogP contribution >= 0.6 is 0 Å². The Morgan fingerprint density at radius 2 is 1.56 bits per heavy atom. The molecular formula is C17H8O. The van der Waals surface area contributed by atoms with E-state index in [0.717, 1.165) is 11.1 Å². The molecule has 0 amide bonds. The number of ketones is 1. The lowest BCUT2D eigenvalue weighted by Gasteiger charge is -2.04. The normalized spacial score (nSPS) is 11.3. The summed E-state index contributed by atoms with van der Waals surface area (Å²) in [5.74, 6) is 5.04. The summed E-state index contributed by atoms with van der Waals surface area (Å²) in [4.78, 5) is 12.4. The second kappa shape index (κ2) is 3.62. The Balaban J connectivity index is 2.43. The van der Waals surface area contributed by atoms with Crippen molar-refractivity contribution in [3.8, 4) is 35.8 Å². The molecule has 0 aliphatic heterocycles. The fraction of sp³-hybridized carbons (Fsp3) is 0. The minimum atomic E-state index is -0.0364. The van der Waals surface area contributed by atoms with Gasteiger partial charge in [0, 0.05) is 16.7 Å². The van der Waals surface area contributed by atoms with Crippen LogP contribution in [0.5, 0.6) is 0 Å². The van der Waals surface area contributed by atoms with Gasteiger partial charge in [0.05, 0.1) is 5.56 Å². The van der Waals surface area contributed by atoms with Crippen LogP contribution in [0.4, 0.5) is 0 Å². The number of hydrogen-bond donors (Lipinski definition) is 0. The maximum atomic E-state index is 12.4. The number of carbonyl (C=O) groups excluding carboxylic acids is 1. The third kappa shape index (κ3) is 1.16. The summed E-state index contributed by atoms with van der Waals surface area (Å²) in [5, 5.41) is 0. The van der Waals surface area contributed by atoms with E-state index >= 15 is 0 Å². The highest BCUT2D eigenvalue weighted by Crippen LogP contribution is 2.38. The Kier molecular flexibility index (Phi) is 2.09. The zero-order valence-electron chi connectivity index (χ0n) is 9.53. The fourth-order valence-electron chi connectivity index (χ4n) is 2.38. The van der Waals surface area contributed by atoms with Crippen LogP contribution in [0.15, 0.2) is 36.4 Å². The van der Waals surface area contributed by atoms with E-state index in [2.05, 4.69) is 11.8 Å². The summed E-state index contributed by atoms with van der Waals surface area (Å²) in [6, 6.07) is 11.2. The van der Waals surface area contributed by atoms with Gasteiger partial charge < -0.3 is 0 Å². The number of fused-ring (bicyclic) bond motifs is 3. The summed E-state index contributed by atoms with van der Waals surface area (Å²) in [7, 11) is 0. The van der Waals surface area contributed by atoms with Crippen LogP contribution in [0.3, 0.4) is 0 Å². The molecule has 0 saturated carbocycles. The molecule has 0 N–H and O–H groups in total. The van der Waals surface area contributed by atoms with Crippen LogP contribution in [-0.4, -0.2) is 5.78 Å². The van der Waals surface area contributed by atoms with Crippen molar-refractivity contribution >= 4 is 5.78 Å². The van der Waals surface area contributed by atoms with E-state index in [0.29, 0.717) is 22.3 Å². The summed E-state index contributed by atoms with van der Waals surface area (Å²) in [5.41, 5.74) is 4.18. The molecule has 0 radical (unpaired) electrons. The van der Waals surface area contributed by atoms with E-state index < -0.39 is 0 Å². The van der Waals surface area contributed by atoms with Crippen molar-refractivity contribution in [1.29, 1.82) is 0 Å². The molecule has 0 bridgehead atoms. The van der Waals surface area contributed by atoms with Gasteiger partial charge >= 0.3 is 0 Å². The van der Waals surface area contributed by atoms with Gasteiger partial charge in [0.2, 0.25) is 0 Å². The highest BCUT2D eigenvalue weighted by molar-refractivity contribution is 6.23. The zero-order valence-corrected chi connectivity index (χ0v) is 9.53. The van der Waals surface area contributed by atoms with Crippen molar-refractivity contribution in [2.75, 3.05) is 0 Å². The molecule has 0 unspecified atom stereocenters. The third-order valence-corrected chi connectivity index (χ3v) is 3.19. The van der Waals surface area contributed by atoms with Crippen molar-refractivity contribution in [2.24, 2.45) is 0 Å². The van der Waals surface area contributed by atoms with Crippen LogP contribution in [0, 0.1) is 24.7 Å². The van der Waals surface area contributed by atoms with E-state index in [4.69, 9.17) is 12.8 Å². The Morgan fingerprint density at radius 1 is 0.833 bits per heavy atom. The zero-order chi connectivity index (χ0) is 12.7. The predicted molar refractivity (Wildman–Crippen MR) is 71.2 cm³/mol. The van der Waals surface area contributed by atoms with Crippen molar-refractivity contribution < 1.29 is 4.79 Å². The largest absolute Gasteiger partial charge is 0.289 e. The number of hydrogen-bond acceptors (Lipinski definition) is 1. The smallest absolute Gasteiger partial charge is 0.195 e. The quantitative estimate of drug-likeness (QED) is 0.541. The average molecular weight is 228 g/mol. The van der Waals surface area contributed by atoms with Gasteiger partial charge in [-0.3, -0.25) is 4.79 Å². The summed E-state index contributed by atoms with van der Waals surface area (Å²) >= 11 is 0. The molecule has 3 rings (SSSR count). The van der Waals surface area contributed by atoms with E-state index in [1.165, 1.54) is 0 Å². The van der Waals surface area contributed by atoms with Gasteiger partial charge in [-0.2, -0.15) is 0 Å². The lowest BCUT2D eigenvalue weighted by Crippen LogP contribution is -2.00. The first-order valence-electron chi connectivity index (χ1n) is 5.52. The van der Waals surface area contributed by atoms with Crippen molar-refractivity contribution in [1.82, 2.24) is 0 Å². The first kappa shape index (κ1) is 10.4. The average Bonchev–Trinajstić information content (AvgIpc) is 2.72. The molecule has 0 atom stereocenters. The highest BCUT2D eigenvalue weighted by Gasteiger charge is 2.29. The minimum Gasteiger partial charge on any atom is -0.289 e. The molecule has 1 nitrogen and oxygen atoms in total. The molecular weight excluding hydrogens is 220 g/mol. The summed E-state index contributed by atoms with van der Waals surface area (Å²) in [6.07, 6.45) is 10.9. The molecule has 0 aromatic heterocycles. The highest BCUT2D eigenvalue weighted by atomic mass is 16.1. The lowest BCUT2D eigenvalue weighted by molar-refractivity contribution is 0.104. The van der Waals surface area contributed by atoms with Crippen LogP contribution in [0.1, 0.15) is 27.0 Å². The van der Waals surface area contributed by atoms with Crippen LogP contribution in [-0.2, 0) is 0 Å². The van der Waals surface area contributed by atoms with E-state index in [-0.39, 0.29) is 5.78 Å². The topological polar surface area (TPSA) is 17.1 Å². The molecule has 0 spiro atoms. The van der Waals surface area contributed by atoms with Crippen molar-refractivity contribution in [3.05, 3.63) is 58.7 Å². The SMILES string of the molecule is C#Cc1ccc2c(c1C#C)C(=O)c1ccccc1-2. The Morgan fingerprint density at radius 3 is 2.22 bits per heavy atom. The summed E-state index contributed by atoms with van der Waals surface area (Å²) < 4.78 is 0. The lowest BCUT2D eigenvalue weighted by atomic mass is 9.96. The second-order valence-electron chi connectivity index (χ2n) is 4.07. The van der Waals surface area contributed by atoms with Gasteiger partial charge in [-0.25, -0.2) is 0 Å². The maximum Gasteiger partial charge on any atom is 0.195 e. The Hall–Kier alpha value is -2.77. The molecule has 0 heterocycles. The fourth-order valence-corrected chi connectivity index (χ4v) is 2.38. The van der Waals surface area contributed by atoms with E-state index in [9.17, 15) is 4.79 Å². The first-order chi connectivity index (χ1) is 8.77. The van der Waals surface area contributed by atoms with Gasteiger partial charge in [-0.15, -0.1) is 12.8 Å². The van der Waals surface area contributed by atoms with Gasteiger partial charge in [-0.1, -0.05) is 42.2 Å². The molecule has 18 heavy (non-hydrogen) atoms. The van der Waals surface area contributed by atoms with E-state index in [1.807, 2.05) is 30.3 Å². The van der Waals surface area contributed by atoms with Gasteiger partial charge in [0.15, 0.2) is 5.78 Å². The van der Waals surface area contributed by atoms with Crippen molar-refractivity contribution in [2.45, 2.75) is 0 Å². The molecule has 2 aromatic rings. The van der Waals surface area contributed by atoms with Crippen LogP contribution < -0.4 is 0 Å². The number of benzene rings is 2. The number of terminal acetylenes is 2. The first-order valence-corrected chi connectivity index (χ1v) is 5.52.